The second kappa shape index (κ2) is 6.04. The molecule has 0 aliphatic carbocycles. The van der Waals surface area contributed by atoms with Crippen molar-refractivity contribution in [3.8, 4) is 11.3 Å². The number of allylic oxidation sites excluding steroid dienone is 1. The van der Waals surface area contributed by atoms with E-state index in [2.05, 4.69) is 4.98 Å². The van der Waals surface area contributed by atoms with Crippen molar-refractivity contribution in [3.05, 3.63) is 71.4 Å². The molecule has 0 spiro atoms. The van der Waals surface area contributed by atoms with Crippen molar-refractivity contribution in [2.45, 2.75) is 6.92 Å². The molecule has 0 bridgehead atoms. The fourth-order valence-electron chi connectivity index (χ4n) is 2.73. The van der Waals surface area contributed by atoms with Gasteiger partial charge in [0.05, 0.1) is 16.8 Å². The molecule has 0 saturated carbocycles. The van der Waals surface area contributed by atoms with Gasteiger partial charge in [-0.05, 0) is 36.9 Å². The number of rotatable bonds is 4. The van der Waals surface area contributed by atoms with Gasteiger partial charge >= 0.3 is 0 Å². The van der Waals surface area contributed by atoms with Crippen LogP contribution >= 0.6 is 0 Å². The number of fused-ring (bicyclic) bond motifs is 1. The molecule has 24 heavy (non-hydrogen) atoms. The second-order valence-corrected chi connectivity index (χ2v) is 5.64. The number of amides is 1. The molecule has 5 heteroatoms. The summed E-state index contributed by atoms with van der Waals surface area (Å²) in [5.41, 5.74) is 15.9. The first-order chi connectivity index (χ1) is 11.5. The number of H-pyrrole nitrogens is 1. The maximum atomic E-state index is 11.7. The van der Waals surface area contributed by atoms with Crippen molar-refractivity contribution in [3.63, 3.8) is 0 Å². The van der Waals surface area contributed by atoms with Gasteiger partial charge in [0.1, 0.15) is 0 Å². The number of aromatic nitrogens is 1. The van der Waals surface area contributed by atoms with Gasteiger partial charge in [0.25, 0.3) is 5.91 Å². The predicted molar refractivity (Wildman–Crippen MR) is 97.1 cm³/mol. The Bertz CT molecular complexity index is 965. The number of hydrogen-bond acceptors (Lipinski definition) is 3. The highest BCUT2D eigenvalue weighted by Gasteiger charge is 2.15. The zero-order chi connectivity index (χ0) is 17.3. The molecule has 3 rings (SSSR count). The first-order valence-corrected chi connectivity index (χ1v) is 7.51. The van der Waals surface area contributed by atoms with Crippen LogP contribution in [0.25, 0.3) is 22.2 Å². The van der Waals surface area contributed by atoms with Crippen LogP contribution in [0.1, 0.15) is 21.5 Å². The summed E-state index contributed by atoms with van der Waals surface area (Å²) in [5.74, 6) is -0.509. The van der Waals surface area contributed by atoms with Crippen LogP contribution < -0.4 is 11.5 Å². The lowest BCUT2D eigenvalue weighted by Gasteiger charge is -2.04. The summed E-state index contributed by atoms with van der Waals surface area (Å²) in [7, 11) is 0. The standard InChI is InChI=1S/C19H18N4O/c1-11-2-4-12(5-3-11)17-10-15-13(16(21)8-9-20)6-7-14(19(22)24)18(15)23-17/h2-10,21,23H,20H2,1H3,(H2,22,24)/b9-8-,21-16?. The van der Waals surface area contributed by atoms with E-state index in [1.807, 2.05) is 37.3 Å². The van der Waals surface area contributed by atoms with Crippen LogP contribution in [0.15, 0.2) is 54.7 Å². The van der Waals surface area contributed by atoms with Crippen LogP contribution in [-0.4, -0.2) is 16.6 Å². The molecule has 0 fully saturated rings. The van der Waals surface area contributed by atoms with Crippen LogP contribution in [0.3, 0.4) is 0 Å². The lowest BCUT2D eigenvalue weighted by atomic mass is 10.0. The smallest absolute Gasteiger partial charge is 0.250 e. The molecule has 3 aromatic rings. The maximum absolute atomic E-state index is 11.7. The van der Waals surface area contributed by atoms with Crippen molar-refractivity contribution in [2.75, 3.05) is 0 Å². The van der Waals surface area contributed by atoms with Crippen molar-refractivity contribution in [2.24, 2.45) is 11.5 Å². The largest absolute Gasteiger partial charge is 0.405 e. The minimum atomic E-state index is -0.509. The Morgan fingerprint density at radius 2 is 1.79 bits per heavy atom. The minimum Gasteiger partial charge on any atom is -0.405 e. The van der Waals surface area contributed by atoms with Crippen molar-refractivity contribution in [1.82, 2.24) is 4.98 Å². The molecule has 1 aromatic heterocycles. The van der Waals surface area contributed by atoms with Gasteiger partial charge in [-0.15, -0.1) is 0 Å². The quantitative estimate of drug-likeness (QED) is 0.554. The fraction of sp³-hybridized carbons (Fsp3) is 0.0526. The molecule has 0 saturated heterocycles. The highest BCUT2D eigenvalue weighted by molar-refractivity contribution is 6.18. The third kappa shape index (κ3) is 2.67. The normalized spacial score (nSPS) is 11.2. The lowest BCUT2D eigenvalue weighted by Crippen LogP contribution is -2.12. The Kier molecular flexibility index (Phi) is 3.92. The number of aromatic amines is 1. The average Bonchev–Trinajstić information content (AvgIpc) is 2.99. The highest BCUT2D eigenvalue weighted by Crippen LogP contribution is 2.29. The average molecular weight is 318 g/mol. The van der Waals surface area contributed by atoms with E-state index in [4.69, 9.17) is 16.9 Å². The topological polar surface area (TPSA) is 109 Å². The zero-order valence-electron chi connectivity index (χ0n) is 13.3. The van der Waals surface area contributed by atoms with Crippen LogP contribution in [0.2, 0.25) is 0 Å². The van der Waals surface area contributed by atoms with Gasteiger partial charge < -0.3 is 21.9 Å². The summed E-state index contributed by atoms with van der Waals surface area (Å²) in [6.07, 6.45) is 2.83. The molecule has 2 aromatic carbocycles. The van der Waals surface area contributed by atoms with E-state index in [1.54, 1.807) is 12.1 Å². The molecule has 0 radical (unpaired) electrons. The van der Waals surface area contributed by atoms with Gasteiger partial charge in [0, 0.05) is 16.6 Å². The summed E-state index contributed by atoms with van der Waals surface area (Å²) in [5, 5.41) is 8.90. The summed E-state index contributed by atoms with van der Waals surface area (Å²) < 4.78 is 0. The Morgan fingerprint density at radius 3 is 2.42 bits per heavy atom. The molecule has 1 amide bonds. The molecule has 0 aliphatic heterocycles. The summed E-state index contributed by atoms with van der Waals surface area (Å²) in [6, 6.07) is 13.3. The molecule has 5 nitrogen and oxygen atoms in total. The van der Waals surface area contributed by atoms with E-state index in [-0.39, 0.29) is 5.71 Å². The predicted octanol–water partition coefficient (Wildman–Crippen LogP) is 3.08. The third-order valence-corrected chi connectivity index (χ3v) is 3.97. The van der Waals surface area contributed by atoms with E-state index in [0.29, 0.717) is 16.6 Å². The van der Waals surface area contributed by atoms with Gasteiger partial charge in [0.15, 0.2) is 0 Å². The van der Waals surface area contributed by atoms with Crippen molar-refractivity contribution in [1.29, 1.82) is 5.41 Å². The summed E-state index contributed by atoms with van der Waals surface area (Å²) in [6.45, 7) is 2.03. The number of nitrogens with two attached hydrogens (primary N) is 2. The summed E-state index contributed by atoms with van der Waals surface area (Å²) >= 11 is 0. The van der Waals surface area contributed by atoms with Crippen LogP contribution in [0.4, 0.5) is 0 Å². The molecular formula is C19H18N4O. The third-order valence-electron chi connectivity index (χ3n) is 3.97. The number of hydrogen-bond donors (Lipinski definition) is 4. The van der Waals surface area contributed by atoms with E-state index in [0.717, 1.165) is 16.6 Å². The van der Waals surface area contributed by atoms with E-state index < -0.39 is 5.91 Å². The first-order valence-electron chi connectivity index (χ1n) is 7.51. The summed E-state index contributed by atoms with van der Waals surface area (Å²) in [4.78, 5) is 15.0. The van der Waals surface area contributed by atoms with Gasteiger partial charge in [-0.2, -0.15) is 0 Å². The van der Waals surface area contributed by atoms with E-state index in [1.165, 1.54) is 17.8 Å². The molecule has 0 aliphatic rings. The molecule has 1 heterocycles. The Labute approximate surface area is 139 Å². The van der Waals surface area contributed by atoms with Gasteiger partial charge in [-0.25, -0.2) is 0 Å². The number of nitrogens with one attached hydrogen (secondary N) is 2. The molecule has 0 unspecified atom stereocenters. The lowest BCUT2D eigenvalue weighted by molar-refractivity contribution is 0.100. The molecular weight excluding hydrogens is 300 g/mol. The molecule has 0 atom stereocenters. The van der Waals surface area contributed by atoms with Crippen molar-refractivity contribution >= 4 is 22.5 Å². The van der Waals surface area contributed by atoms with Crippen LogP contribution in [-0.2, 0) is 0 Å². The van der Waals surface area contributed by atoms with Crippen LogP contribution in [0, 0.1) is 12.3 Å². The number of carbonyl (C=O) groups excluding carboxylic acids is 1. The first kappa shape index (κ1) is 15.6. The van der Waals surface area contributed by atoms with E-state index >= 15 is 0 Å². The van der Waals surface area contributed by atoms with Crippen molar-refractivity contribution < 1.29 is 4.79 Å². The maximum Gasteiger partial charge on any atom is 0.250 e. The van der Waals surface area contributed by atoms with Gasteiger partial charge in [0.2, 0.25) is 0 Å². The van der Waals surface area contributed by atoms with Gasteiger partial charge in [-0.3, -0.25) is 4.79 Å². The Hall–Kier alpha value is -3.34. The SMILES string of the molecule is Cc1ccc(-c2cc3c(C(=N)/C=C\N)ccc(C(N)=O)c3[nH]2)cc1. The number of aryl methyl sites for hydroxylation is 1. The Balaban J connectivity index is 2.26. The zero-order valence-corrected chi connectivity index (χ0v) is 13.3. The molecule has 120 valence electrons. The molecule has 6 N–H and O–H groups in total. The van der Waals surface area contributed by atoms with E-state index in [9.17, 15) is 4.79 Å². The Morgan fingerprint density at radius 1 is 1.12 bits per heavy atom. The number of primary amides is 1. The fourth-order valence-corrected chi connectivity index (χ4v) is 2.73. The monoisotopic (exact) mass is 318 g/mol. The second-order valence-electron chi connectivity index (χ2n) is 5.64. The van der Waals surface area contributed by atoms with Crippen LogP contribution in [0.5, 0.6) is 0 Å². The minimum absolute atomic E-state index is 0.271. The number of benzene rings is 2. The number of carbonyl (C=O) groups is 1. The van der Waals surface area contributed by atoms with Gasteiger partial charge in [-0.1, -0.05) is 35.9 Å². The highest BCUT2D eigenvalue weighted by atomic mass is 16.1.